The molecule has 0 unspecified atom stereocenters. The molecular weight excluding hydrogens is 1720 g/mol. The van der Waals surface area contributed by atoms with Crippen LogP contribution in [0, 0.1) is 16.2 Å². The van der Waals surface area contributed by atoms with Gasteiger partial charge in [-0.15, -0.1) is 0 Å². The van der Waals surface area contributed by atoms with E-state index in [-0.39, 0.29) is 59.8 Å². The number of benzene rings is 4. The van der Waals surface area contributed by atoms with Gasteiger partial charge in [-0.25, -0.2) is 0 Å². The van der Waals surface area contributed by atoms with E-state index >= 15 is 0 Å². The van der Waals surface area contributed by atoms with Gasteiger partial charge in [0.2, 0.25) is 0 Å². The van der Waals surface area contributed by atoms with Crippen LogP contribution in [0.1, 0.15) is 140 Å². The van der Waals surface area contributed by atoms with Crippen LogP contribution in [0.5, 0.6) is 34.5 Å². The van der Waals surface area contributed by atoms with Crippen LogP contribution in [0.2, 0.25) is 0 Å². The SMILES string of the molecule is CC(C)(C)CC(C)(C)c1ccc(OCCOCCOCCOCCOCCOCCOCCOCCOCCOc2cc(OCCOCCOCCOCCOCCOCCOCCOCCOCCOc3ccc(C(C)(C)CC(C)(C)C)cc3)cc(OCCOCCOCCOCCOCCOCCOCCOCCOCCOc3ccc(C(C)(C)CC(C)(C)C)cc3)c2)cc1.[BH4-].[Li+]. The summed E-state index contributed by atoms with van der Waals surface area (Å²) in [5.41, 5.74) is 5.02. The zero-order valence-electron chi connectivity index (χ0n) is 84.7. The van der Waals surface area contributed by atoms with Crippen LogP contribution in [0.15, 0.2) is 91.0 Å². The van der Waals surface area contributed by atoms with Crippen molar-refractivity contribution in [3.05, 3.63) is 108 Å². The van der Waals surface area contributed by atoms with Crippen molar-refractivity contribution in [3.8, 4) is 34.5 Å². The summed E-state index contributed by atoms with van der Waals surface area (Å²) < 4.78 is 172. The van der Waals surface area contributed by atoms with Crippen molar-refractivity contribution in [1.82, 2.24) is 0 Å². The summed E-state index contributed by atoms with van der Waals surface area (Å²) in [5, 5.41) is 0. The third-order valence-electron chi connectivity index (χ3n) is 19.5. The van der Waals surface area contributed by atoms with Crippen LogP contribution in [-0.2, 0) is 130 Å². The predicted octanol–water partition coefficient (Wildman–Crippen LogP) is 10.2. The van der Waals surface area contributed by atoms with Crippen molar-refractivity contribution >= 4 is 8.41 Å². The summed E-state index contributed by atoms with van der Waals surface area (Å²) in [6, 6.07) is 30.6. The van der Waals surface area contributed by atoms with E-state index in [9.17, 15) is 0 Å². The first-order valence-electron chi connectivity index (χ1n) is 47.9. The Morgan fingerprint density at radius 3 is 0.343 bits per heavy atom. The van der Waals surface area contributed by atoms with Crippen molar-refractivity contribution in [3.63, 3.8) is 0 Å². The fraction of sp³-hybridized carbons (Fsp3) is 0.765. The Morgan fingerprint density at radius 2 is 0.239 bits per heavy atom. The van der Waals surface area contributed by atoms with Gasteiger partial charge in [-0.05, 0) is 105 Å². The van der Waals surface area contributed by atoms with E-state index in [0.29, 0.717) is 374 Å². The largest absolute Gasteiger partial charge is 1.00 e. The first-order valence-corrected chi connectivity index (χ1v) is 47.9. The van der Waals surface area contributed by atoms with Gasteiger partial charge in [-0.1, -0.05) is 149 Å². The fourth-order valence-corrected chi connectivity index (χ4v) is 14.3. The quantitative estimate of drug-likeness (QED) is 0.0293. The molecule has 0 saturated carbocycles. The average Bonchev–Trinajstić information content (AvgIpc) is 0.834. The van der Waals surface area contributed by atoms with Crippen LogP contribution < -0.4 is 47.3 Å². The monoisotopic (exact) mass is 1900 g/mol. The maximum Gasteiger partial charge on any atom is 1.00 e. The molecule has 134 heavy (non-hydrogen) atoms. The molecule has 0 bridgehead atoms. The van der Waals surface area contributed by atoms with Gasteiger partial charge in [-0.2, -0.15) is 0 Å². The van der Waals surface area contributed by atoms with E-state index in [1.807, 2.05) is 36.4 Å². The Labute approximate surface area is 819 Å². The van der Waals surface area contributed by atoms with E-state index in [1.54, 1.807) is 18.2 Å². The van der Waals surface area contributed by atoms with Gasteiger partial charge in [0.1, 0.15) is 74.1 Å². The molecule has 0 aliphatic heterocycles. The first kappa shape index (κ1) is 125. The normalized spacial score (nSPS) is 12.2. The number of ether oxygens (including phenoxy) is 30. The standard InChI is InChI=1S/C102H174O30.BH4.Li/c1-97(2,3)85-100(10,11)88-16-22-91(23-17-88)127-76-70-121-64-58-115-52-46-109-40-34-103-28-31-106-37-43-112-49-55-118-61-67-124-73-79-130-94-82-95(131-80-74-125-68-62-119-56-50-113-44-38-107-32-29-104-35-41-110-47-53-116-59-65-122-71-77-128-92-24-18-89(19-25-92)101(12,13)86-98(4,5)6)84-96(83-94)132-81-75-126-69-63-120-57-51-114-45-39-108-33-30-105-36-42-111-48-54-117-60-66-123-72-78-129-93-26-20-90(21-27-93)102(14,15)87-99(7,8)9;;/h16-27,82-84H,28-81,85-87H2,1-15H3;1H4;/q;-1;+1. The molecule has 0 heterocycles. The third kappa shape index (κ3) is 73.5. The third-order valence-corrected chi connectivity index (χ3v) is 19.5. The first-order chi connectivity index (χ1) is 63.8. The van der Waals surface area contributed by atoms with Gasteiger partial charge < -0.3 is 142 Å². The Hall–Kier alpha value is -4.62. The van der Waals surface area contributed by atoms with Crippen LogP contribution in [0.25, 0.3) is 0 Å². The molecule has 0 amide bonds. The second kappa shape index (κ2) is 81.0. The van der Waals surface area contributed by atoms with Gasteiger partial charge in [0.05, 0.1) is 317 Å². The smallest absolute Gasteiger partial charge is 0.491 e. The maximum absolute atomic E-state index is 6.08. The van der Waals surface area contributed by atoms with E-state index in [4.69, 9.17) is 142 Å². The molecule has 0 spiro atoms. The van der Waals surface area contributed by atoms with Crippen LogP contribution in [0.3, 0.4) is 0 Å². The molecule has 0 saturated heterocycles. The van der Waals surface area contributed by atoms with Crippen molar-refractivity contribution in [2.45, 2.75) is 139 Å². The zero-order valence-corrected chi connectivity index (χ0v) is 84.7. The minimum atomic E-state index is 0. The maximum atomic E-state index is 6.08. The molecule has 32 heteroatoms. The Balaban J connectivity index is 0.0000304. The van der Waals surface area contributed by atoms with Gasteiger partial charge >= 0.3 is 18.9 Å². The van der Waals surface area contributed by atoms with E-state index in [0.717, 1.165) is 36.5 Å². The Morgan fingerprint density at radius 1 is 0.142 bits per heavy atom. The van der Waals surface area contributed by atoms with Crippen LogP contribution in [0.4, 0.5) is 0 Å². The molecule has 0 atom stereocenters. The fourth-order valence-electron chi connectivity index (χ4n) is 14.3. The minimum absolute atomic E-state index is 0. The summed E-state index contributed by atoms with van der Waals surface area (Å²) in [6.45, 7) is 58.3. The molecule has 0 radical (unpaired) electrons. The summed E-state index contributed by atoms with van der Waals surface area (Å²) in [5.74, 6) is 4.20. The van der Waals surface area contributed by atoms with E-state index in [1.165, 1.54) is 16.7 Å². The molecule has 0 aliphatic carbocycles. The van der Waals surface area contributed by atoms with E-state index in [2.05, 4.69) is 140 Å². The zero-order chi connectivity index (χ0) is 95.3. The number of rotatable bonds is 93. The van der Waals surface area contributed by atoms with Crippen LogP contribution >= 0.6 is 0 Å². The van der Waals surface area contributed by atoms with Crippen LogP contribution in [-0.4, -0.2) is 365 Å². The molecule has 30 nitrogen and oxygen atoms in total. The molecule has 4 rings (SSSR count). The van der Waals surface area contributed by atoms with Crippen molar-refractivity contribution in [2.75, 3.05) is 357 Å². The van der Waals surface area contributed by atoms with Gasteiger partial charge in [0, 0.05) is 18.2 Å². The summed E-state index contributed by atoms with van der Waals surface area (Å²) in [7, 11) is 0. The molecule has 0 aliphatic rings. The molecule has 770 valence electrons. The molecule has 0 fully saturated rings. The summed E-state index contributed by atoms with van der Waals surface area (Å²) in [4.78, 5) is 0. The average molecular weight is 1900 g/mol. The predicted molar refractivity (Wildman–Crippen MR) is 521 cm³/mol. The second-order valence-electron chi connectivity index (χ2n) is 36.9. The van der Waals surface area contributed by atoms with Gasteiger partial charge in [0.25, 0.3) is 0 Å². The molecule has 0 N–H and O–H groups in total. The summed E-state index contributed by atoms with van der Waals surface area (Å²) in [6.07, 6.45) is 3.31. The minimum Gasteiger partial charge on any atom is -0.491 e. The molecule has 0 aromatic heterocycles. The van der Waals surface area contributed by atoms with Gasteiger partial charge in [0.15, 0.2) is 0 Å². The number of hydrogen-bond acceptors (Lipinski definition) is 30. The Kier molecular flexibility index (Phi) is 75.8. The molecule has 4 aromatic carbocycles. The topological polar surface area (TPSA) is 277 Å². The van der Waals surface area contributed by atoms with Crippen molar-refractivity contribution < 1.29 is 161 Å². The molecular formula is C102H178BLiO30. The van der Waals surface area contributed by atoms with Crippen molar-refractivity contribution in [2.24, 2.45) is 16.2 Å². The van der Waals surface area contributed by atoms with Crippen molar-refractivity contribution in [1.29, 1.82) is 0 Å². The molecule has 4 aromatic rings. The number of hydrogen-bond donors (Lipinski definition) is 0. The Bertz CT molecular complexity index is 2910. The second-order valence-corrected chi connectivity index (χ2v) is 36.9. The summed E-state index contributed by atoms with van der Waals surface area (Å²) >= 11 is 0. The van der Waals surface area contributed by atoms with E-state index < -0.39 is 0 Å². The van der Waals surface area contributed by atoms with Gasteiger partial charge in [-0.3, -0.25) is 0 Å².